The highest BCUT2D eigenvalue weighted by Gasteiger charge is 2.31. The van der Waals surface area contributed by atoms with Crippen LogP contribution in [0.5, 0.6) is 5.88 Å². The van der Waals surface area contributed by atoms with E-state index in [1.807, 2.05) is 17.8 Å². The Hall–Kier alpha value is -1.99. The molecule has 0 unspecified atom stereocenters. The molecule has 25 heavy (non-hydrogen) atoms. The van der Waals surface area contributed by atoms with Crippen LogP contribution in [0.15, 0.2) is 18.3 Å². The SMILES string of the molecule is COc1ncccc1CN1Cc2nnn(C)c2[C@@H](COCC2CC2)C1. The van der Waals surface area contributed by atoms with Crippen molar-refractivity contribution in [3.05, 3.63) is 35.3 Å². The molecule has 0 aromatic carbocycles. The number of hydrogen-bond acceptors (Lipinski definition) is 6. The number of fused-ring (bicyclic) bond motifs is 1. The fourth-order valence-corrected chi connectivity index (χ4v) is 3.58. The molecule has 1 atom stereocenters. The van der Waals surface area contributed by atoms with Gasteiger partial charge >= 0.3 is 0 Å². The van der Waals surface area contributed by atoms with Gasteiger partial charge in [-0.15, -0.1) is 5.10 Å². The second kappa shape index (κ2) is 7.09. The Morgan fingerprint density at radius 3 is 2.96 bits per heavy atom. The summed E-state index contributed by atoms with van der Waals surface area (Å²) in [6.45, 7) is 4.11. The summed E-state index contributed by atoms with van der Waals surface area (Å²) in [4.78, 5) is 6.68. The fourth-order valence-electron chi connectivity index (χ4n) is 3.58. The van der Waals surface area contributed by atoms with Crippen LogP contribution in [-0.2, 0) is 24.9 Å². The summed E-state index contributed by atoms with van der Waals surface area (Å²) in [6.07, 6.45) is 4.39. The summed E-state index contributed by atoms with van der Waals surface area (Å²) in [7, 11) is 3.64. The molecular weight excluding hydrogens is 318 g/mol. The van der Waals surface area contributed by atoms with Crippen molar-refractivity contribution in [3.63, 3.8) is 0 Å². The molecule has 1 saturated carbocycles. The van der Waals surface area contributed by atoms with Crippen LogP contribution in [0, 0.1) is 5.92 Å². The van der Waals surface area contributed by atoms with Crippen LogP contribution in [-0.4, -0.2) is 51.7 Å². The smallest absolute Gasteiger partial charge is 0.217 e. The van der Waals surface area contributed by atoms with E-state index in [9.17, 15) is 0 Å². The fraction of sp³-hybridized carbons (Fsp3) is 0.611. The Morgan fingerprint density at radius 1 is 1.28 bits per heavy atom. The van der Waals surface area contributed by atoms with E-state index in [-0.39, 0.29) is 0 Å². The third kappa shape index (κ3) is 3.67. The molecule has 2 aliphatic rings. The number of aryl methyl sites for hydroxylation is 1. The second-order valence-electron chi connectivity index (χ2n) is 7.06. The number of nitrogens with zero attached hydrogens (tertiary/aromatic N) is 5. The first kappa shape index (κ1) is 16.5. The molecule has 0 bridgehead atoms. The molecule has 2 aromatic heterocycles. The van der Waals surface area contributed by atoms with E-state index >= 15 is 0 Å². The van der Waals surface area contributed by atoms with Crippen molar-refractivity contribution >= 4 is 0 Å². The van der Waals surface area contributed by atoms with Crippen LogP contribution in [0.2, 0.25) is 0 Å². The van der Waals surface area contributed by atoms with Crippen LogP contribution >= 0.6 is 0 Å². The Labute approximate surface area is 147 Å². The van der Waals surface area contributed by atoms with Crippen LogP contribution < -0.4 is 4.74 Å². The number of hydrogen-bond donors (Lipinski definition) is 0. The first-order valence-electron chi connectivity index (χ1n) is 8.91. The molecule has 4 rings (SSSR count). The Bertz CT molecular complexity index is 728. The van der Waals surface area contributed by atoms with Gasteiger partial charge in [0.15, 0.2) is 0 Å². The van der Waals surface area contributed by atoms with Crippen molar-refractivity contribution in [3.8, 4) is 5.88 Å². The first-order chi connectivity index (χ1) is 12.2. The number of methoxy groups -OCH3 is 1. The topological polar surface area (TPSA) is 65.3 Å². The van der Waals surface area contributed by atoms with Crippen LogP contribution in [0.1, 0.15) is 35.7 Å². The zero-order valence-corrected chi connectivity index (χ0v) is 14.9. The molecule has 7 heteroatoms. The Kier molecular flexibility index (Phi) is 4.67. The molecule has 2 aromatic rings. The minimum absolute atomic E-state index is 0.296. The standard InChI is InChI=1S/C18H25N5O2/c1-22-17-15(12-25-11-13-5-6-13)9-23(10-16(17)20-21-22)8-14-4-3-7-19-18(14)24-2/h3-4,7,13,15H,5-6,8-12H2,1-2H3/t15-/m1/s1. The van der Waals surface area contributed by atoms with Crippen molar-refractivity contribution in [2.24, 2.45) is 13.0 Å². The molecular formula is C18H25N5O2. The minimum atomic E-state index is 0.296. The van der Waals surface area contributed by atoms with Crippen LogP contribution in [0.4, 0.5) is 0 Å². The maximum atomic E-state index is 5.99. The number of aromatic nitrogens is 4. The predicted octanol–water partition coefficient (Wildman–Crippen LogP) is 1.74. The molecule has 0 saturated heterocycles. The van der Waals surface area contributed by atoms with Crippen LogP contribution in [0.25, 0.3) is 0 Å². The maximum absolute atomic E-state index is 5.99. The lowest BCUT2D eigenvalue weighted by atomic mass is 9.98. The van der Waals surface area contributed by atoms with Gasteiger partial charge in [0.25, 0.3) is 0 Å². The third-order valence-electron chi connectivity index (χ3n) is 4.99. The van der Waals surface area contributed by atoms with Gasteiger partial charge in [-0.3, -0.25) is 9.58 Å². The van der Waals surface area contributed by atoms with Gasteiger partial charge in [0.2, 0.25) is 5.88 Å². The van der Waals surface area contributed by atoms with E-state index in [1.54, 1.807) is 13.3 Å². The zero-order valence-electron chi connectivity index (χ0n) is 14.9. The highest BCUT2D eigenvalue weighted by atomic mass is 16.5. The summed E-state index contributed by atoms with van der Waals surface area (Å²) in [5.41, 5.74) is 3.36. The van der Waals surface area contributed by atoms with E-state index in [0.29, 0.717) is 11.8 Å². The highest BCUT2D eigenvalue weighted by molar-refractivity contribution is 5.26. The van der Waals surface area contributed by atoms with Gasteiger partial charge < -0.3 is 9.47 Å². The van der Waals surface area contributed by atoms with Gasteiger partial charge in [-0.25, -0.2) is 4.98 Å². The van der Waals surface area contributed by atoms with E-state index in [0.717, 1.165) is 50.0 Å². The van der Waals surface area contributed by atoms with Gasteiger partial charge in [-0.05, 0) is 24.8 Å². The maximum Gasteiger partial charge on any atom is 0.217 e. The van der Waals surface area contributed by atoms with Gasteiger partial charge in [0, 0.05) is 51.0 Å². The molecule has 0 N–H and O–H groups in total. The minimum Gasteiger partial charge on any atom is -0.481 e. The lowest BCUT2D eigenvalue weighted by molar-refractivity contribution is 0.0864. The van der Waals surface area contributed by atoms with Crippen molar-refractivity contribution in [2.45, 2.75) is 31.8 Å². The lowest BCUT2D eigenvalue weighted by Gasteiger charge is -2.32. The van der Waals surface area contributed by atoms with Gasteiger partial charge in [-0.2, -0.15) is 0 Å². The van der Waals surface area contributed by atoms with Gasteiger partial charge in [-0.1, -0.05) is 11.3 Å². The molecule has 0 radical (unpaired) electrons. The molecule has 0 amide bonds. The quantitative estimate of drug-likeness (QED) is 0.763. The molecule has 3 heterocycles. The average molecular weight is 343 g/mol. The molecule has 0 spiro atoms. The Balaban J connectivity index is 1.48. The average Bonchev–Trinajstić information content (AvgIpc) is 3.37. The summed E-state index contributed by atoms with van der Waals surface area (Å²) >= 11 is 0. The third-order valence-corrected chi connectivity index (χ3v) is 4.99. The summed E-state index contributed by atoms with van der Waals surface area (Å²) < 4.78 is 13.3. The molecule has 1 fully saturated rings. The van der Waals surface area contributed by atoms with Crippen molar-refractivity contribution in [1.29, 1.82) is 0 Å². The van der Waals surface area contributed by atoms with Crippen molar-refractivity contribution < 1.29 is 9.47 Å². The first-order valence-corrected chi connectivity index (χ1v) is 8.91. The van der Waals surface area contributed by atoms with E-state index in [2.05, 4.69) is 26.3 Å². The lowest BCUT2D eigenvalue weighted by Crippen LogP contribution is -2.36. The zero-order chi connectivity index (χ0) is 17.2. The van der Waals surface area contributed by atoms with E-state index in [4.69, 9.17) is 9.47 Å². The van der Waals surface area contributed by atoms with Crippen LogP contribution in [0.3, 0.4) is 0 Å². The summed E-state index contributed by atoms with van der Waals surface area (Å²) in [6, 6.07) is 4.02. The molecule has 7 nitrogen and oxygen atoms in total. The van der Waals surface area contributed by atoms with Crippen molar-refractivity contribution in [2.75, 3.05) is 26.9 Å². The van der Waals surface area contributed by atoms with Gasteiger partial charge in [0.05, 0.1) is 19.4 Å². The molecule has 1 aliphatic heterocycles. The Morgan fingerprint density at radius 2 is 2.16 bits per heavy atom. The molecule has 134 valence electrons. The van der Waals surface area contributed by atoms with Crippen molar-refractivity contribution in [1.82, 2.24) is 24.9 Å². The summed E-state index contributed by atoms with van der Waals surface area (Å²) in [5.74, 6) is 1.77. The number of ether oxygens (including phenoxy) is 2. The second-order valence-corrected chi connectivity index (χ2v) is 7.06. The number of rotatable bonds is 7. The van der Waals surface area contributed by atoms with E-state index < -0.39 is 0 Å². The predicted molar refractivity (Wildman–Crippen MR) is 92.2 cm³/mol. The highest BCUT2D eigenvalue weighted by Crippen LogP contribution is 2.31. The normalized spacial score (nSPS) is 20.5. The van der Waals surface area contributed by atoms with E-state index in [1.165, 1.54) is 18.5 Å². The summed E-state index contributed by atoms with van der Waals surface area (Å²) in [5, 5.41) is 8.59. The van der Waals surface area contributed by atoms with Gasteiger partial charge in [0.1, 0.15) is 5.69 Å². The largest absolute Gasteiger partial charge is 0.481 e. The number of pyridine rings is 1. The monoisotopic (exact) mass is 343 g/mol. The molecule has 1 aliphatic carbocycles.